The average molecular weight is 366 g/mol. The maximum Gasteiger partial charge on any atom is 0.238 e. The van der Waals surface area contributed by atoms with Crippen LogP contribution < -0.4 is 15.8 Å². The molecule has 1 aliphatic heterocycles. The fraction of sp³-hybridized carbons (Fsp3) is 0.462. The summed E-state index contributed by atoms with van der Waals surface area (Å²) < 4.78 is 22.3. The van der Waals surface area contributed by atoms with Crippen molar-refractivity contribution in [2.45, 2.75) is 23.9 Å². The number of hydrogen-bond donors (Lipinski definition) is 3. The van der Waals surface area contributed by atoms with Crippen LogP contribution in [0.1, 0.15) is 12.0 Å². The molecule has 0 bridgehead atoms. The van der Waals surface area contributed by atoms with E-state index in [9.17, 15) is 13.2 Å². The molecule has 0 spiro atoms. The van der Waals surface area contributed by atoms with Gasteiger partial charge in [0.1, 0.15) is 0 Å². The van der Waals surface area contributed by atoms with Gasteiger partial charge in [-0.3, -0.25) is 4.79 Å². The number of carbonyl (C=O) groups is 1. The number of rotatable bonds is 5. The van der Waals surface area contributed by atoms with Crippen LogP contribution in [0.25, 0.3) is 0 Å². The predicted molar refractivity (Wildman–Crippen MR) is 90.6 cm³/mol. The molecule has 1 aromatic rings. The van der Waals surface area contributed by atoms with Gasteiger partial charge in [0.15, 0.2) is 0 Å². The summed E-state index contributed by atoms with van der Waals surface area (Å²) in [5, 5.41) is 11.2. The zero-order valence-corrected chi connectivity index (χ0v) is 14.4. The highest BCUT2D eigenvalue weighted by Crippen LogP contribution is 2.11. The summed E-state index contributed by atoms with van der Waals surface area (Å²) in [4.78, 5) is 11.9. The lowest BCUT2D eigenvalue weighted by Crippen LogP contribution is -2.41. The SMILES string of the molecule is Cl.NS(=O)(=O)c1ccc(CNC(=O)CC2CSCCN2)cc1. The standard InChI is InChI=1S/C13H19N3O3S2.ClH/c14-21(18,19)12-3-1-10(2-4-12)8-16-13(17)7-11-9-20-6-5-15-11;/h1-4,11,15H,5-9H2,(H,16,17)(H2,14,18,19);1H. The molecule has 4 N–H and O–H groups in total. The van der Waals surface area contributed by atoms with Gasteiger partial charge in [0.2, 0.25) is 15.9 Å². The van der Waals surface area contributed by atoms with Crippen LogP contribution in [0.15, 0.2) is 29.2 Å². The van der Waals surface area contributed by atoms with Gasteiger partial charge in [-0.15, -0.1) is 12.4 Å². The van der Waals surface area contributed by atoms with Gasteiger partial charge in [0.25, 0.3) is 0 Å². The van der Waals surface area contributed by atoms with E-state index in [0.29, 0.717) is 13.0 Å². The maximum absolute atomic E-state index is 11.8. The Morgan fingerprint density at radius 1 is 1.36 bits per heavy atom. The topological polar surface area (TPSA) is 101 Å². The Bertz CT molecular complexity index is 587. The van der Waals surface area contributed by atoms with E-state index >= 15 is 0 Å². The van der Waals surface area contributed by atoms with Gasteiger partial charge in [-0.2, -0.15) is 11.8 Å². The van der Waals surface area contributed by atoms with Crippen molar-refractivity contribution >= 4 is 40.1 Å². The Balaban J connectivity index is 0.00000242. The monoisotopic (exact) mass is 365 g/mol. The summed E-state index contributed by atoms with van der Waals surface area (Å²) in [6, 6.07) is 6.41. The quantitative estimate of drug-likeness (QED) is 0.704. The fourth-order valence-electron chi connectivity index (χ4n) is 2.04. The Kier molecular flexibility index (Phi) is 7.64. The molecular formula is C13H20ClN3O3S2. The molecule has 1 atom stereocenters. The van der Waals surface area contributed by atoms with Gasteiger partial charge in [0.05, 0.1) is 4.90 Å². The summed E-state index contributed by atoms with van der Waals surface area (Å²) in [5.74, 6) is 2.04. The number of carbonyl (C=O) groups excluding carboxylic acids is 1. The molecule has 1 fully saturated rings. The first-order valence-corrected chi connectivity index (χ1v) is 9.35. The molecule has 1 unspecified atom stereocenters. The van der Waals surface area contributed by atoms with Gasteiger partial charge in [0, 0.05) is 37.1 Å². The molecule has 1 aliphatic rings. The molecule has 6 nitrogen and oxygen atoms in total. The molecule has 1 saturated heterocycles. The smallest absolute Gasteiger partial charge is 0.238 e. The number of halogens is 1. The minimum absolute atomic E-state index is 0. The number of sulfonamides is 1. The summed E-state index contributed by atoms with van der Waals surface area (Å²) in [5.41, 5.74) is 0.835. The van der Waals surface area contributed by atoms with Crippen LogP contribution in [0.5, 0.6) is 0 Å². The van der Waals surface area contributed by atoms with Crippen molar-refractivity contribution in [3.05, 3.63) is 29.8 Å². The van der Waals surface area contributed by atoms with Crippen molar-refractivity contribution in [2.75, 3.05) is 18.1 Å². The first kappa shape index (κ1) is 19.2. The third kappa shape index (κ3) is 6.13. The zero-order valence-electron chi connectivity index (χ0n) is 11.9. The van der Waals surface area contributed by atoms with Crippen LogP contribution in [-0.2, 0) is 21.4 Å². The predicted octanol–water partition coefficient (Wildman–Crippen LogP) is 0.467. The number of benzene rings is 1. The number of thioether (sulfide) groups is 1. The first-order valence-electron chi connectivity index (χ1n) is 6.65. The lowest BCUT2D eigenvalue weighted by molar-refractivity contribution is -0.121. The first-order chi connectivity index (χ1) is 9.95. The van der Waals surface area contributed by atoms with E-state index in [2.05, 4.69) is 10.6 Å². The summed E-state index contributed by atoms with van der Waals surface area (Å²) >= 11 is 1.85. The van der Waals surface area contributed by atoms with Gasteiger partial charge in [-0.05, 0) is 17.7 Å². The van der Waals surface area contributed by atoms with Crippen LogP contribution in [0.3, 0.4) is 0 Å². The van der Waals surface area contributed by atoms with Crippen molar-refractivity contribution in [1.29, 1.82) is 0 Å². The van der Waals surface area contributed by atoms with E-state index in [-0.39, 0.29) is 29.3 Å². The largest absolute Gasteiger partial charge is 0.352 e. The van der Waals surface area contributed by atoms with Crippen molar-refractivity contribution < 1.29 is 13.2 Å². The molecule has 0 aromatic heterocycles. The highest BCUT2D eigenvalue weighted by Gasteiger charge is 2.16. The molecule has 1 amide bonds. The second-order valence-electron chi connectivity index (χ2n) is 4.90. The summed E-state index contributed by atoms with van der Waals surface area (Å²) in [6.07, 6.45) is 0.461. The molecule has 124 valence electrons. The van der Waals surface area contributed by atoms with Gasteiger partial charge < -0.3 is 10.6 Å². The minimum Gasteiger partial charge on any atom is -0.352 e. The van der Waals surface area contributed by atoms with Crippen LogP contribution in [0.4, 0.5) is 0 Å². The molecule has 22 heavy (non-hydrogen) atoms. The fourth-order valence-corrected chi connectivity index (χ4v) is 3.51. The van der Waals surface area contributed by atoms with Crippen molar-refractivity contribution in [3.63, 3.8) is 0 Å². The lowest BCUT2D eigenvalue weighted by Gasteiger charge is -2.22. The maximum atomic E-state index is 11.8. The third-order valence-electron chi connectivity index (χ3n) is 3.17. The van der Waals surface area contributed by atoms with Crippen LogP contribution >= 0.6 is 24.2 Å². The molecular weight excluding hydrogens is 346 g/mol. The number of amides is 1. The van der Waals surface area contributed by atoms with E-state index < -0.39 is 10.0 Å². The molecule has 9 heteroatoms. The van der Waals surface area contributed by atoms with Crippen molar-refractivity contribution in [2.24, 2.45) is 5.14 Å². The summed E-state index contributed by atoms with van der Waals surface area (Å²) in [6.45, 7) is 1.32. The molecule has 0 saturated carbocycles. The summed E-state index contributed by atoms with van der Waals surface area (Å²) in [7, 11) is -3.67. The van der Waals surface area contributed by atoms with Gasteiger partial charge in [-0.25, -0.2) is 13.6 Å². The van der Waals surface area contributed by atoms with Gasteiger partial charge in [-0.1, -0.05) is 12.1 Å². The lowest BCUT2D eigenvalue weighted by atomic mass is 10.2. The number of nitrogens with two attached hydrogens (primary N) is 1. The number of primary sulfonamides is 1. The highest BCUT2D eigenvalue weighted by molar-refractivity contribution is 7.99. The van der Waals surface area contributed by atoms with Crippen molar-refractivity contribution in [1.82, 2.24) is 10.6 Å². The zero-order chi connectivity index (χ0) is 15.3. The van der Waals surface area contributed by atoms with E-state index in [4.69, 9.17) is 5.14 Å². The Morgan fingerprint density at radius 3 is 2.59 bits per heavy atom. The third-order valence-corrected chi connectivity index (χ3v) is 5.23. The molecule has 0 radical (unpaired) electrons. The van der Waals surface area contributed by atoms with E-state index in [1.54, 1.807) is 12.1 Å². The van der Waals surface area contributed by atoms with Crippen LogP contribution in [0, 0.1) is 0 Å². The van der Waals surface area contributed by atoms with Gasteiger partial charge >= 0.3 is 0 Å². The number of hydrogen-bond acceptors (Lipinski definition) is 5. The Labute approximate surface area is 141 Å². The van der Waals surface area contributed by atoms with Crippen LogP contribution in [-0.4, -0.2) is 38.4 Å². The van der Waals surface area contributed by atoms with Crippen LogP contribution in [0.2, 0.25) is 0 Å². The number of nitrogens with one attached hydrogen (secondary N) is 2. The second-order valence-corrected chi connectivity index (χ2v) is 7.61. The minimum atomic E-state index is -3.67. The molecule has 0 aliphatic carbocycles. The Morgan fingerprint density at radius 2 is 2.05 bits per heavy atom. The Hall–Kier alpha value is -0.800. The van der Waals surface area contributed by atoms with E-state index in [1.165, 1.54) is 12.1 Å². The average Bonchev–Trinajstić information content (AvgIpc) is 2.46. The second kappa shape index (κ2) is 8.73. The molecule has 1 heterocycles. The van der Waals surface area contributed by atoms with E-state index in [1.807, 2.05) is 11.8 Å². The van der Waals surface area contributed by atoms with Crippen molar-refractivity contribution in [3.8, 4) is 0 Å². The molecule has 2 rings (SSSR count). The normalized spacial score (nSPS) is 18.3. The molecule has 1 aromatic carbocycles. The highest BCUT2D eigenvalue weighted by atomic mass is 35.5. The van der Waals surface area contributed by atoms with E-state index in [0.717, 1.165) is 23.6 Å².